The highest BCUT2D eigenvalue weighted by atomic mass is 19.1. The van der Waals surface area contributed by atoms with Gasteiger partial charge in [0.1, 0.15) is 0 Å². The normalized spacial score (nSPS) is 11.7. The van der Waals surface area contributed by atoms with Gasteiger partial charge >= 0.3 is 11.7 Å². The molecule has 1 aromatic rings. The van der Waals surface area contributed by atoms with E-state index in [1.807, 2.05) is 0 Å². The summed E-state index contributed by atoms with van der Waals surface area (Å²) in [4.78, 5) is 22.9. The van der Waals surface area contributed by atoms with Gasteiger partial charge < -0.3 is 14.4 Å². The lowest BCUT2D eigenvalue weighted by molar-refractivity contribution is -0.385. The molecule has 0 saturated carbocycles. The van der Waals surface area contributed by atoms with Gasteiger partial charge in [0.25, 0.3) is 0 Å². The van der Waals surface area contributed by atoms with Gasteiger partial charge in [-0.2, -0.15) is 0 Å². The van der Waals surface area contributed by atoms with E-state index in [9.17, 15) is 19.3 Å². The van der Waals surface area contributed by atoms with Crippen molar-refractivity contribution < 1.29 is 23.6 Å². The number of methoxy groups -OCH3 is 2. The molecule has 21 heavy (non-hydrogen) atoms. The van der Waals surface area contributed by atoms with E-state index < -0.39 is 28.3 Å². The molecule has 0 saturated heterocycles. The molecule has 0 radical (unpaired) electrons. The molecule has 0 spiro atoms. The number of rotatable bonds is 6. The Morgan fingerprint density at radius 2 is 2.10 bits per heavy atom. The summed E-state index contributed by atoms with van der Waals surface area (Å²) < 4.78 is 23.5. The molecule has 0 bridgehead atoms. The van der Waals surface area contributed by atoms with Crippen LogP contribution in [0.2, 0.25) is 0 Å². The second-order valence-electron chi connectivity index (χ2n) is 4.54. The van der Waals surface area contributed by atoms with Crippen LogP contribution in [-0.4, -0.2) is 38.7 Å². The SMILES string of the molecule is COC(=O)C(C)CN(C)c1cc(OC)c([N+](=O)[O-])cc1F. The molecule has 0 N–H and O–H groups in total. The van der Waals surface area contributed by atoms with Gasteiger partial charge in [-0.3, -0.25) is 14.9 Å². The number of halogens is 1. The van der Waals surface area contributed by atoms with Gasteiger partial charge in [0, 0.05) is 19.7 Å². The molecule has 7 nitrogen and oxygen atoms in total. The maximum atomic E-state index is 14.0. The van der Waals surface area contributed by atoms with Crippen molar-refractivity contribution in [3.63, 3.8) is 0 Å². The highest BCUT2D eigenvalue weighted by molar-refractivity contribution is 5.73. The summed E-state index contributed by atoms with van der Waals surface area (Å²) in [5.74, 6) is -1.70. The summed E-state index contributed by atoms with van der Waals surface area (Å²) in [7, 11) is 4.11. The molecular formula is C13H17FN2O5. The summed E-state index contributed by atoms with van der Waals surface area (Å²) in [5, 5.41) is 10.8. The van der Waals surface area contributed by atoms with Crippen LogP contribution in [0.5, 0.6) is 5.75 Å². The molecule has 0 aliphatic heterocycles. The fraction of sp³-hybridized carbons (Fsp3) is 0.462. The molecule has 1 atom stereocenters. The van der Waals surface area contributed by atoms with Crippen molar-refractivity contribution in [1.29, 1.82) is 0 Å². The van der Waals surface area contributed by atoms with Gasteiger partial charge in [-0.15, -0.1) is 0 Å². The topological polar surface area (TPSA) is 81.9 Å². The van der Waals surface area contributed by atoms with Crippen LogP contribution >= 0.6 is 0 Å². The van der Waals surface area contributed by atoms with E-state index in [0.717, 1.165) is 6.07 Å². The second-order valence-corrected chi connectivity index (χ2v) is 4.54. The molecular weight excluding hydrogens is 283 g/mol. The number of hydrogen-bond acceptors (Lipinski definition) is 6. The Kier molecular flexibility index (Phi) is 5.45. The largest absolute Gasteiger partial charge is 0.490 e. The maximum Gasteiger partial charge on any atom is 0.313 e. The third kappa shape index (κ3) is 3.80. The predicted molar refractivity (Wildman–Crippen MR) is 74.1 cm³/mol. The number of nitrogens with zero attached hydrogens (tertiary/aromatic N) is 2. The van der Waals surface area contributed by atoms with Gasteiger partial charge in [0.15, 0.2) is 11.6 Å². The van der Waals surface area contributed by atoms with Crippen LogP contribution in [0.25, 0.3) is 0 Å². The molecule has 0 heterocycles. The van der Waals surface area contributed by atoms with Crippen LogP contribution in [0.3, 0.4) is 0 Å². The van der Waals surface area contributed by atoms with Crippen LogP contribution in [0.15, 0.2) is 12.1 Å². The quantitative estimate of drug-likeness (QED) is 0.454. The third-order valence-electron chi connectivity index (χ3n) is 3.01. The molecule has 0 amide bonds. The van der Waals surface area contributed by atoms with Gasteiger partial charge in [-0.25, -0.2) is 4.39 Å². The Morgan fingerprint density at radius 3 is 2.57 bits per heavy atom. The van der Waals surface area contributed by atoms with Gasteiger partial charge in [-0.1, -0.05) is 6.92 Å². The minimum absolute atomic E-state index is 0.0472. The average Bonchev–Trinajstić information content (AvgIpc) is 2.45. The second kappa shape index (κ2) is 6.87. The number of ether oxygens (including phenoxy) is 2. The third-order valence-corrected chi connectivity index (χ3v) is 3.01. The minimum Gasteiger partial charge on any atom is -0.490 e. The Balaban J connectivity index is 3.07. The molecule has 1 rings (SSSR count). The lowest BCUT2D eigenvalue weighted by Gasteiger charge is -2.23. The first-order chi connectivity index (χ1) is 9.81. The van der Waals surface area contributed by atoms with E-state index >= 15 is 0 Å². The highest BCUT2D eigenvalue weighted by Crippen LogP contribution is 2.33. The van der Waals surface area contributed by atoms with Crippen molar-refractivity contribution in [2.75, 3.05) is 32.7 Å². The molecule has 0 aromatic heterocycles. The zero-order valence-corrected chi connectivity index (χ0v) is 12.3. The molecule has 116 valence electrons. The number of nitro groups is 1. The number of esters is 1. The van der Waals surface area contributed by atoms with Crippen molar-refractivity contribution in [1.82, 2.24) is 0 Å². The van der Waals surface area contributed by atoms with Crippen molar-refractivity contribution in [2.45, 2.75) is 6.92 Å². The minimum atomic E-state index is -0.762. The molecule has 8 heteroatoms. The number of carbonyl (C=O) groups is 1. The number of nitro benzene ring substituents is 1. The van der Waals surface area contributed by atoms with Crippen molar-refractivity contribution in [3.05, 3.63) is 28.1 Å². The molecule has 1 unspecified atom stereocenters. The predicted octanol–water partition coefficient (Wildman–Crippen LogP) is 1.99. The van der Waals surface area contributed by atoms with Crippen LogP contribution in [0.1, 0.15) is 6.92 Å². The zero-order chi connectivity index (χ0) is 16.2. The van der Waals surface area contributed by atoms with E-state index in [1.165, 1.54) is 25.2 Å². The number of benzene rings is 1. The van der Waals surface area contributed by atoms with Crippen molar-refractivity contribution >= 4 is 17.3 Å². The van der Waals surface area contributed by atoms with E-state index in [2.05, 4.69) is 4.74 Å². The molecule has 0 fully saturated rings. The zero-order valence-electron chi connectivity index (χ0n) is 12.3. The van der Waals surface area contributed by atoms with Crippen LogP contribution < -0.4 is 9.64 Å². The first-order valence-corrected chi connectivity index (χ1v) is 6.12. The van der Waals surface area contributed by atoms with Gasteiger partial charge in [0.05, 0.1) is 36.8 Å². The van der Waals surface area contributed by atoms with Crippen LogP contribution in [-0.2, 0) is 9.53 Å². The lowest BCUT2D eigenvalue weighted by Crippen LogP contribution is -2.29. The first kappa shape index (κ1) is 16.7. The standard InChI is InChI=1S/C13H17FN2O5/c1-8(13(17)21-4)7-15(2)10-6-12(20-3)11(16(18)19)5-9(10)14/h5-6,8H,7H2,1-4H3. The van der Waals surface area contributed by atoms with Crippen molar-refractivity contribution in [2.24, 2.45) is 5.92 Å². The molecule has 1 aromatic carbocycles. The Hall–Kier alpha value is -2.38. The van der Waals surface area contributed by atoms with Gasteiger partial charge in [0.2, 0.25) is 0 Å². The lowest BCUT2D eigenvalue weighted by atomic mass is 10.1. The number of carbonyl (C=O) groups excluding carboxylic acids is 1. The summed E-state index contributed by atoms with van der Waals surface area (Å²) >= 11 is 0. The van der Waals surface area contributed by atoms with E-state index in [0.29, 0.717) is 0 Å². The van der Waals surface area contributed by atoms with E-state index in [-0.39, 0.29) is 18.0 Å². The van der Waals surface area contributed by atoms with Gasteiger partial charge in [-0.05, 0) is 0 Å². The summed E-state index contributed by atoms with van der Waals surface area (Å²) in [6.45, 7) is 1.84. The Labute approximate surface area is 121 Å². The summed E-state index contributed by atoms with van der Waals surface area (Å²) in [6, 6.07) is 2.03. The summed E-state index contributed by atoms with van der Waals surface area (Å²) in [6.07, 6.45) is 0. The fourth-order valence-electron chi connectivity index (χ4n) is 1.92. The van der Waals surface area contributed by atoms with Crippen LogP contribution in [0.4, 0.5) is 15.8 Å². The molecule has 0 aliphatic rings. The van der Waals surface area contributed by atoms with Crippen molar-refractivity contribution in [3.8, 4) is 5.75 Å². The highest BCUT2D eigenvalue weighted by Gasteiger charge is 2.23. The fourth-order valence-corrected chi connectivity index (χ4v) is 1.92. The van der Waals surface area contributed by atoms with E-state index in [1.54, 1.807) is 14.0 Å². The molecule has 0 aliphatic carbocycles. The Bertz CT molecular complexity index is 550. The number of anilines is 1. The van der Waals surface area contributed by atoms with E-state index in [4.69, 9.17) is 4.74 Å². The monoisotopic (exact) mass is 300 g/mol. The van der Waals surface area contributed by atoms with Crippen LogP contribution in [0, 0.1) is 21.8 Å². The average molecular weight is 300 g/mol. The Morgan fingerprint density at radius 1 is 1.48 bits per heavy atom. The maximum absolute atomic E-state index is 14.0. The summed E-state index contributed by atoms with van der Waals surface area (Å²) in [5.41, 5.74) is -0.346. The smallest absolute Gasteiger partial charge is 0.313 e. The number of hydrogen-bond donors (Lipinski definition) is 0. The first-order valence-electron chi connectivity index (χ1n) is 6.12.